The van der Waals surface area contributed by atoms with Crippen molar-refractivity contribution >= 4 is 62.0 Å². The number of H-pyrrole nitrogens is 1. The van der Waals surface area contributed by atoms with Crippen LogP contribution in [0, 0.1) is 35.5 Å². The molecule has 9 rings (SSSR count). The minimum Gasteiger partial charge on any atom is -0.482 e. The highest BCUT2D eigenvalue weighted by atomic mass is 32.1. The average molecular weight is 1260 g/mol. The minimum absolute atomic E-state index is 0.0180. The van der Waals surface area contributed by atoms with E-state index in [0.29, 0.717) is 90.2 Å². The van der Waals surface area contributed by atoms with Crippen molar-refractivity contribution in [2.75, 3.05) is 116 Å². The lowest BCUT2D eigenvalue weighted by Crippen LogP contribution is -2.11. The maximum Gasteiger partial charge on any atom is 0.341 e. The van der Waals surface area contributed by atoms with E-state index in [1.54, 1.807) is 43.5 Å². The molecule has 0 fully saturated rings. The Labute approximate surface area is 528 Å². The number of ether oxygens (including phenoxy) is 17. The molecule has 2 aliphatic rings. The Morgan fingerprint density at radius 2 is 0.802 bits per heavy atom. The third-order valence-electron chi connectivity index (χ3n) is 12.3. The highest BCUT2D eigenvalue weighted by Gasteiger charge is 2.17. The number of benzene rings is 4. The van der Waals surface area contributed by atoms with Gasteiger partial charge in [0.15, 0.2) is 81.3 Å². The number of thiophene rings is 1. The van der Waals surface area contributed by atoms with E-state index >= 15 is 0 Å². The van der Waals surface area contributed by atoms with E-state index in [-0.39, 0.29) is 88.3 Å². The van der Waals surface area contributed by atoms with E-state index in [1.807, 2.05) is 109 Å². The molecule has 3 aromatic heterocycles. The van der Waals surface area contributed by atoms with Gasteiger partial charge in [-0.2, -0.15) is 0 Å². The van der Waals surface area contributed by atoms with Gasteiger partial charge >= 0.3 is 5.97 Å². The number of hydrogen-bond acceptors (Lipinski definition) is 21. The molecule has 0 atom stereocenters. The van der Waals surface area contributed by atoms with Crippen LogP contribution in [0.1, 0.15) is 56.2 Å². The Morgan fingerprint density at radius 3 is 1.26 bits per heavy atom. The Morgan fingerprint density at radius 1 is 0.407 bits per heavy atom. The summed E-state index contributed by atoms with van der Waals surface area (Å²) in [5.74, 6) is 21.3. The first-order valence-electron chi connectivity index (χ1n) is 27.8. The summed E-state index contributed by atoms with van der Waals surface area (Å²) in [5.41, 5.74) is 9.07. The lowest BCUT2D eigenvalue weighted by Gasteiger charge is -2.09. The second-order valence-electron chi connectivity index (χ2n) is 18.8. The number of methoxy groups -OCH3 is 3. The molecule has 0 aliphatic carbocycles. The Kier molecular flexibility index (Phi) is 26.5. The van der Waals surface area contributed by atoms with Gasteiger partial charge in [0.05, 0.1) is 50.5 Å². The number of rotatable bonds is 33. The molecule has 0 radical (unpaired) electrons. The van der Waals surface area contributed by atoms with Crippen molar-refractivity contribution < 1.29 is 90.4 Å². The van der Waals surface area contributed by atoms with Crippen LogP contribution in [0.15, 0.2) is 121 Å². The van der Waals surface area contributed by atoms with Gasteiger partial charge in [0.25, 0.3) is 0 Å². The van der Waals surface area contributed by atoms with Gasteiger partial charge in [-0.25, -0.2) is 14.8 Å². The van der Waals surface area contributed by atoms with E-state index in [1.165, 1.54) is 25.6 Å². The first-order chi connectivity index (χ1) is 44.8. The Hall–Kier alpha value is -9.27. The van der Waals surface area contributed by atoms with Gasteiger partial charge in [0.2, 0.25) is 0 Å². The number of aliphatic carboxylic acids is 1. The van der Waals surface area contributed by atoms with E-state index in [0.717, 1.165) is 20.5 Å². The Balaban J connectivity index is 1.10. The summed E-state index contributed by atoms with van der Waals surface area (Å²) < 4.78 is 92.1. The molecule has 8 bridgehead atoms. The summed E-state index contributed by atoms with van der Waals surface area (Å²) in [6.45, 7) is -0.735. The van der Waals surface area contributed by atoms with Gasteiger partial charge in [-0.15, -0.1) is 11.3 Å². The number of nitrogens with one attached hydrogen (secondary N) is 1. The molecule has 4 aromatic carbocycles. The van der Waals surface area contributed by atoms with Crippen molar-refractivity contribution in [1.29, 1.82) is 0 Å². The second-order valence-corrected chi connectivity index (χ2v) is 19.9. The van der Waals surface area contributed by atoms with Crippen LogP contribution in [0.2, 0.25) is 0 Å². The van der Waals surface area contributed by atoms with Crippen molar-refractivity contribution in [3.63, 3.8) is 0 Å². The maximum absolute atomic E-state index is 11.4. The van der Waals surface area contributed by atoms with Crippen molar-refractivity contribution in [1.82, 2.24) is 15.0 Å². The first kappa shape index (κ1) is 66.2. The lowest BCUT2D eigenvalue weighted by molar-refractivity contribution is -0.209. The molecule has 2 aliphatic heterocycles. The molecule has 0 saturated heterocycles. The van der Waals surface area contributed by atoms with Crippen molar-refractivity contribution in [3.8, 4) is 69.6 Å². The third-order valence-corrected chi connectivity index (χ3v) is 13.4. The highest BCUT2D eigenvalue weighted by molar-refractivity contribution is 7.24. The van der Waals surface area contributed by atoms with Crippen molar-refractivity contribution in [2.45, 2.75) is 0 Å². The van der Waals surface area contributed by atoms with E-state index in [2.05, 4.69) is 40.5 Å². The molecule has 22 nitrogen and oxygen atoms in total. The van der Waals surface area contributed by atoms with Crippen LogP contribution >= 0.6 is 11.3 Å². The number of aromatic amines is 1. The molecule has 0 amide bonds. The topological polar surface area (TPSA) is 236 Å². The smallest absolute Gasteiger partial charge is 0.341 e. The third kappa shape index (κ3) is 20.9. The van der Waals surface area contributed by atoms with Gasteiger partial charge in [0.1, 0.15) is 36.6 Å². The molecule has 0 saturated carbocycles. The fourth-order valence-corrected chi connectivity index (χ4v) is 9.46. The molecular formula is C68H63N3O19S. The summed E-state index contributed by atoms with van der Waals surface area (Å²) in [6, 6.07) is 37.2. The number of nitrogens with zero attached hydrogens (tertiary/aromatic N) is 2. The molecule has 7 aromatic rings. The Bertz CT molecular complexity index is 3980. The van der Waals surface area contributed by atoms with Crippen LogP contribution in [0.3, 0.4) is 0 Å². The quantitative estimate of drug-likeness (QED) is 0.0221. The number of aromatic nitrogens is 3. The van der Waals surface area contributed by atoms with Crippen LogP contribution in [0.4, 0.5) is 0 Å². The fraction of sp³-hybridized carbons (Fsp3) is 0.250. The number of hydrogen-bond donors (Lipinski definition) is 2. The minimum atomic E-state index is -1.09. The number of carbonyl (C=O) groups is 1. The summed E-state index contributed by atoms with van der Waals surface area (Å²) in [7, 11) is 4.60. The maximum atomic E-state index is 11.4. The second kappa shape index (κ2) is 36.4. The number of carboxylic acid groups (broad SMARTS) is 1. The zero-order valence-corrected chi connectivity index (χ0v) is 50.7. The average Bonchev–Trinajstić information content (AvgIpc) is 1.69. The van der Waals surface area contributed by atoms with Crippen LogP contribution in [0.25, 0.3) is 55.9 Å². The van der Waals surface area contributed by atoms with E-state index in [9.17, 15) is 9.90 Å². The summed E-state index contributed by atoms with van der Waals surface area (Å²) in [6.07, 6.45) is 7.73. The molecule has 91 heavy (non-hydrogen) atoms. The van der Waals surface area contributed by atoms with Gasteiger partial charge in [-0.05, 0) is 121 Å². The van der Waals surface area contributed by atoms with E-state index < -0.39 is 12.6 Å². The number of fused-ring (bicyclic) bond motifs is 8. The molecule has 0 unspecified atom stereocenters. The van der Waals surface area contributed by atoms with Crippen LogP contribution < -0.4 is 18.9 Å². The fourth-order valence-electron chi connectivity index (χ4n) is 8.36. The van der Waals surface area contributed by atoms with Gasteiger partial charge in [-0.1, -0.05) is 65.9 Å². The molecular weight excluding hydrogens is 1190 g/mol. The SMILES string of the molecule is COCOCOCOCOCOCOc1cccc(C#Cc2c3nc(c(C#Cc4cccc(OCOC)c4)c4ccc(s4)c(-c4ccc(OCC(=O)O)cc4)c4nc(c(C#Cc5cccc(OCOCOCOCOCOCOC)c5)c5ccc2[nH]5)C=C4)C=C3)c1. The van der Waals surface area contributed by atoms with Crippen molar-refractivity contribution in [2.24, 2.45) is 0 Å². The molecule has 23 heteroatoms. The zero-order valence-electron chi connectivity index (χ0n) is 49.9. The summed E-state index contributed by atoms with van der Waals surface area (Å²) in [5, 5.41) is 9.35. The predicted octanol–water partition coefficient (Wildman–Crippen LogP) is 10.4. The van der Waals surface area contributed by atoms with Crippen LogP contribution in [0.5, 0.6) is 23.0 Å². The first-order valence-corrected chi connectivity index (χ1v) is 28.7. The predicted molar refractivity (Wildman–Crippen MR) is 335 cm³/mol. The summed E-state index contributed by atoms with van der Waals surface area (Å²) >= 11 is 1.52. The standard InChI is InChI=1S/C68H63N3O19S/c1-74-35-77-38-79-40-81-42-83-44-85-46-89-54-11-5-7-48(32-54)13-20-56-59-23-24-60(69-59)57(21-14-49-8-6-12-55(33-49)90-47-86-45-84-43-82-41-80-39-78-36-75-2)62-27-28-64(71-62)68(51-16-18-52(19-17-51)87-34-67(72)73)66-30-29-65(91-66)58(63-26-25-61(56)70-63)22-15-50-9-4-10-53(31-50)88-37-76-3/h4-12,16-19,23-33,69H,34-47H2,1-3H3,(H,72,73). The van der Waals surface area contributed by atoms with Gasteiger partial charge in [-0.3, -0.25) is 0 Å². The monoisotopic (exact) mass is 1260 g/mol. The normalized spacial score (nSPS) is 11.3. The van der Waals surface area contributed by atoms with E-state index in [4.69, 9.17) is 90.5 Å². The van der Waals surface area contributed by atoms with Crippen LogP contribution in [-0.4, -0.2) is 142 Å². The highest BCUT2D eigenvalue weighted by Crippen LogP contribution is 2.37. The molecule has 0 spiro atoms. The van der Waals surface area contributed by atoms with Gasteiger partial charge < -0.3 is 90.6 Å². The molecule has 470 valence electrons. The lowest BCUT2D eigenvalue weighted by atomic mass is 10.0. The van der Waals surface area contributed by atoms with Gasteiger partial charge in [0, 0.05) is 53.0 Å². The van der Waals surface area contributed by atoms with Crippen molar-refractivity contribution in [3.05, 3.63) is 177 Å². The largest absolute Gasteiger partial charge is 0.482 e. The number of carboxylic acids is 1. The summed E-state index contributed by atoms with van der Waals surface area (Å²) in [4.78, 5) is 25.7. The molecule has 2 N–H and O–H groups in total. The zero-order chi connectivity index (χ0) is 63.1. The van der Waals surface area contributed by atoms with Crippen LogP contribution in [-0.2, 0) is 66.4 Å². The molecule has 5 heterocycles.